The van der Waals surface area contributed by atoms with Crippen molar-refractivity contribution in [1.29, 1.82) is 0 Å². The first kappa shape index (κ1) is 17.0. The molecular formula is C21H21ClN4. The van der Waals surface area contributed by atoms with Crippen molar-refractivity contribution in [3.63, 3.8) is 0 Å². The first-order chi connectivity index (χ1) is 12.7. The van der Waals surface area contributed by atoms with Gasteiger partial charge in [-0.2, -0.15) is 0 Å². The van der Waals surface area contributed by atoms with E-state index in [0.29, 0.717) is 5.82 Å². The molecule has 3 aromatic rings. The fourth-order valence-electron chi connectivity index (χ4n) is 3.39. The van der Waals surface area contributed by atoms with Crippen LogP contribution < -0.4 is 0 Å². The molecule has 0 fully saturated rings. The van der Waals surface area contributed by atoms with Gasteiger partial charge in [-0.3, -0.25) is 4.98 Å². The molecule has 1 aliphatic rings. The number of halogens is 1. The van der Waals surface area contributed by atoms with Crippen molar-refractivity contribution >= 4 is 11.6 Å². The van der Waals surface area contributed by atoms with Crippen LogP contribution in [0.4, 0.5) is 0 Å². The van der Waals surface area contributed by atoms with Crippen LogP contribution in [0.25, 0.3) is 17.1 Å². The first-order valence-corrected chi connectivity index (χ1v) is 9.39. The summed E-state index contributed by atoms with van der Waals surface area (Å²) in [5.41, 5.74) is 4.48. The highest BCUT2D eigenvalue weighted by Gasteiger charge is 2.17. The predicted molar refractivity (Wildman–Crippen MR) is 105 cm³/mol. The van der Waals surface area contributed by atoms with E-state index >= 15 is 0 Å². The minimum absolute atomic E-state index is 0.707. The molecule has 4 nitrogen and oxygen atoms in total. The monoisotopic (exact) mass is 364 g/mol. The van der Waals surface area contributed by atoms with Gasteiger partial charge < -0.3 is 0 Å². The number of rotatable bonds is 4. The van der Waals surface area contributed by atoms with Gasteiger partial charge in [-0.15, -0.1) is 5.10 Å². The Morgan fingerprint density at radius 1 is 1.19 bits per heavy atom. The number of hydrogen-bond acceptors (Lipinski definition) is 3. The zero-order chi connectivity index (χ0) is 17.9. The lowest BCUT2D eigenvalue weighted by atomic mass is 9.97. The van der Waals surface area contributed by atoms with Crippen LogP contribution in [0.2, 0.25) is 5.02 Å². The van der Waals surface area contributed by atoms with Crippen LogP contribution in [0.1, 0.15) is 37.1 Å². The van der Waals surface area contributed by atoms with Crippen molar-refractivity contribution in [1.82, 2.24) is 19.7 Å². The Labute approximate surface area is 158 Å². The third-order valence-electron chi connectivity index (χ3n) is 4.75. The molecule has 0 bridgehead atoms. The maximum atomic E-state index is 6.14. The minimum atomic E-state index is 0.707. The van der Waals surface area contributed by atoms with Crippen LogP contribution in [0.15, 0.2) is 54.4 Å². The maximum absolute atomic E-state index is 6.14. The Hall–Kier alpha value is -2.46. The number of aromatic nitrogens is 4. The van der Waals surface area contributed by atoms with Gasteiger partial charge in [0.25, 0.3) is 0 Å². The van der Waals surface area contributed by atoms with E-state index in [4.69, 9.17) is 21.7 Å². The predicted octanol–water partition coefficient (Wildman–Crippen LogP) is 5.33. The molecule has 4 rings (SSSR count). The molecule has 0 amide bonds. The molecule has 132 valence electrons. The van der Waals surface area contributed by atoms with E-state index < -0.39 is 0 Å². The van der Waals surface area contributed by atoms with Crippen molar-refractivity contribution in [2.45, 2.75) is 39.0 Å². The SMILES string of the molecule is Cc1cc(Cl)ccc1-n1nc(-c2cccnc2)nc1CC1=CCCCC1. The summed E-state index contributed by atoms with van der Waals surface area (Å²) in [5.74, 6) is 1.67. The minimum Gasteiger partial charge on any atom is -0.264 e. The summed E-state index contributed by atoms with van der Waals surface area (Å²) in [7, 11) is 0. The van der Waals surface area contributed by atoms with Gasteiger partial charge >= 0.3 is 0 Å². The number of hydrogen-bond donors (Lipinski definition) is 0. The van der Waals surface area contributed by atoms with Crippen molar-refractivity contribution in [2.75, 3.05) is 0 Å². The highest BCUT2D eigenvalue weighted by Crippen LogP contribution is 2.26. The van der Waals surface area contributed by atoms with E-state index in [9.17, 15) is 0 Å². The van der Waals surface area contributed by atoms with Gasteiger partial charge in [0.15, 0.2) is 5.82 Å². The molecule has 5 heteroatoms. The average molecular weight is 365 g/mol. The molecule has 0 radical (unpaired) electrons. The van der Waals surface area contributed by atoms with Gasteiger partial charge in [-0.25, -0.2) is 9.67 Å². The van der Waals surface area contributed by atoms with Crippen molar-refractivity contribution in [3.05, 3.63) is 70.8 Å². The molecule has 1 aliphatic carbocycles. The maximum Gasteiger partial charge on any atom is 0.183 e. The summed E-state index contributed by atoms with van der Waals surface area (Å²) in [6.07, 6.45) is 11.6. The summed E-state index contributed by atoms with van der Waals surface area (Å²) in [6.45, 7) is 2.05. The Morgan fingerprint density at radius 3 is 2.85 bits per heavy atom. The third kappa shape index (κ3) is 3.56. The Balaban J connectivity index is 1.79. The summed E-state index contributed by atoms with van der Waals surface area (Å²) in [5, 5.41) is 5.53. The zero-order valence-electron chi connectivity index (χ0n) is 14.8. The van der Waals surface area contributed by atoms with Gasteiger partial charge in [0.1, 0.15) is 5.82 Å². The second-order valence-corrected chi connectivity index (χ2v) is 7.16. The second-order valence-electron chi connectivity index (χ2n) is 6.72. The lowest BCUT2D eigenvalue weighted by Gasteiger charge is -2.13. The molecule has 0 saturated heterocycles. The molecule has 1 aromatic carbocycles. The van der Waals surface area contributed by atoms with Crippen LogP contribution in [-0.4, -0.2) is 19.7 Å². The highest BCUT2D eigenvalue weighted by atomic mass is 35.5. The Morgan fingerprint density at radius 2 is 2.12 bits per heavy atom. The van der Waals surface area contributed by atoms with Crippen molar-refractivity contribution in [2.24, 2.45) is 0 Å². The van der Waals surface area contributed by atoms with E-state index in [0.717, 1.165) is 40.5 Å². The number of benzene rings is 1. The quantitative estimate of drug-likeness (QED) is 0.587. The number of pyridine rings is 1. The van der Waals surface area contributed by atoms with E-state index in [1.165, 1.54) is 24.8 Å². The molecule has 2 heterocycles. The van der Waals surface area contributed by atoms with Gasteiger partial charge in [-0.1, -0.05) is 23.3 Å². The van der Waals surface area contributed by atoms with E-state index in [1.807, 2.05) is 35.0 Å². The van der Waals surface area contributed by atoms with Crippen LogP contribution >= 0.6 is 11.6 Å². The topological polar surface area (TPSA) is 43.6 Å². The van der Waals surface area contributed by atoms with Gasteiger partial charge in [0, 0.05) is 29.4 Å². The normalized spacial score (nSPS) is 14.3. The number of aryl methyl sites for hydroxylation is 1. The first-order valence-electron chi connectivity index (χ1n) is 9.01. The molecule has 0 aliphatic heterocycles. The molecule has 26 heavy (non-hydrogen) atoms. The summed E-state index contributed by atoms with van der Waals surface area (Å²) < 4.78 is 1.96. The molecule has 0 N–H and O–H groups in total. The molecule has 0 spiro atoms. The van der Waals surface area contributed by atoms with Crippen LogP contribution in [0, 0.1) is 6.92 Å². The lowest BCUT2D eigenvalue weighted by molar-refractivity contribution is 0.675. The lowest BCUT2D eigenvalue weighted by Crippen LogP contribution is -2.07. The molecule has 0 saturated carbocycles. The van der Waals surface area contributed by atoms with E-state index in [-0.39, 0.29) is 0 Å². The zero-order valence-corrected chi connectivity index (χ0v) is 15.6. The molecule has 0 atom stereocenters. The van der Waals surface area contributed by atoms with Crippen molar-refractivity contribution < 1.29 is 0 Å². The van der Waals surface area contributed by atoms with Gasteiger partial charge in [-0.05, 0) is 68.5 Å². The van der Waals surface area contributed by atoms with Crippen LogP contribution in [0.5, 0.6) is 0 Å². The van der Waals surface area contributed by atoms with E-state index in [2.05, 4.69) is 18.0 Å². The van der Waals surface area contributed by atoms with Gasteiger partial charge in [0.2, 0.25) is 0 Å². The Bertz CT molecular complexity index is 944. The highest BCUT2D eigenvalue weighted by molar-refractivity contribution is 6.30. The standard InChI is InChI=1S/C21H21ClN4/c1-15-12-18(22)9-10-19(15)26-20(13-16-6-3-2-4-7-16)24-21(25-26)17-8-5-11-23-14-17/h5-6,8-12,14H,2-4,7,13H2,1H3. The van der Waals surface area contributed by atoms with Crippen LogP contribution in [0.3, 0.4) is 0 Å². The molecular weight excluding hydrogens is 344 g/mol. The largest absolute Gasteiger partial charge is 0.264 e. The number of allylic oxidation sites excluding steroid dienone is 2. The third-order valence-corrected chi connectivity index (χ3v) is 4.99. The average Bonchev–Trinajstić information content (AvgIpc) is 3.07. The summed E-state index contributed by atoms with van der Waals surface area (Å²) >= 11 is 6.14. The number of nitrogens with zero attached hydrogens (tertiary/aromatic N) is 4. The van der Waals surface area contributed by atoms with Crippen LogP contribution in [-0.2, 0) is 6.42 Å². The fourth-order valence-corrected chi connectivity index (χ4v) is 3.62. The fraction of sp³-hybridized carbons (Fsp3) is 0.286. The summed E-state index contributed by atoms with van der Waals surface area (Å²) in [4.78, 5) is 9.05. The second kappa shape index (κ2) is 7.42. The van der Waals surface area contributed by atoms with E-state index in [1.54, 1.807) is 12.4 Å². The summed E-state index contributed by atoms with van der Waals surface area (Å²) in [6, 6.07) is 9.78. The van der Waals surface area contributed by atoms with Gasteiger partial charge in [0.05, 0.1) is 5.69 Å². The smallest absolute Gasteiger partial charge is 0.183 e. The van der Waals surface area contributed by atoms with Crippen molar-refractivity contribution in [3.8, 4) is 17.1 Å². The Kier molecular flexibility index (Phi) is 4.85. The molecule has 2 aromatic heterocycles. The molecule has 0 unspecified atom stereocenters.